The van der Waals surface area contributed by atoms with Crippen molar-refractivity contribution in [3.05, 3.63) is 62.8 Å². The lowest BCUT2D eigenvalue weighted by Gasteiger charge is -2.05. The van der Waals surface area contributed by atoms with Crippen LogP contribution >= 0.6 is 27.5 Å². The summed E-state index contributed by atoms with van der Waals surface area (Å²) < 4.78 is 0.787. The van der Waals surface area contributed by atoms with Gasteiger partial charge in [-0.2, -0.15) is 0 Å². The van der Waals surface area contributed by atoms with Crippen molar-refractivity contribution in [2.75, 3.05) is 0 Å². The molecule has 2 rings (SSSR count). The number of carbonyl (C=O) groups excluding carboxylic acids is 1. The van der Waals surface area contributed by atoms with E-state index in [1.54, 1.807) is 24.4 Å². The van der Waals surface area contributed by atoms with Crippen LogP contribution in [0.5, 0.6) is 0 Å². The third-order valence-electron chi connectivity index (χ3n) is 2.69. The summed E-state index contributed by atoms with van der Waals surface area (Å²) in [5.41, 5.74) is 2.43. The number of rotatable bonds is 3. The molecule has 0 atom stereocenters. The minimum absolute atomic E-state index is 0.0196. The Morgan fingerprint density at radius 3 is 2.83 bits per heavy atom. The summed E-state index contributed by atoms with van der Waals surface area (Å²) in [6.07, 6.45) is 1.99. The lowest BCUT2D eigenvalue weighted by Crippen LogP contribution is -2.06. The molecule has 0 unspecified atom stereocenters. The van der Waals surface area contributed by atoms with Crippen LogP contribution in [0.25, 0.3) is 0 Å². The van der Waals surface area contributed by atoms with Crippen LogP contribution in [0.2, 0.25) is 5.02 Å². The second kappa shape index (κ2) is 5.63. The predicted molar refractivity (Wildman–Crippen MR) is 76.2 cm³/mol. The molecule has 0 bridgehead atoms. The quantitative estimate of drug-likeness (QED) is 0.791. The van der Waals surface area contributed by atoms with Gasteiger partial charge < -0.3 is 0 Å². The molecule has 0 radical (unpaired) electrons. The van der Waals surface area contributed by atoms with Gasteiger partial charge in [-0.15, -0.1) is 0 Å². The Kier molecular flexibility index (Phi) is 4.15. The zero-order chi connectivity index (χ0) is 13.1. The van der Waals surface area contributed by atoms with E-state index in [4.69, 9.17) is 11.6 Å². The van der Waals surface area contributed by atoms with Crippen molar-refractivity contribution in [2.24, 2.45) is 0 Å². The van der Waals surface area contributed by atoms with Crippen LogP contribution in [-0.4, -0.2) is 10.8 Å². The van der Waals surface area contributed by atoms with Crippen molar-refractivity contribution in [3.63, 3.8) is 0 Å². The summed E-state index contributed by atoms with van der Waals surface area (Å²) in [7, 11) is 0. The summed E-state index contributed by atoms with van der Waals surface area (Å²) in [6, 6.07) is 9.02. The third-order valence-corrected chi connectivity index (χ3v) is 3.92. The summed E-state index contributed by atoms with van der Waals surface area (Å²) in [6.45, 7) is 1.95. The van der Waals surface area contributed by atoms with Gasteiger partial charge in [0.2, 0.25) is 0 Å². The molecule has 0 N–H and O–H groups in total. The second-order valence-corrected chi connectivity index (χ2v) is 5.26. The van der Waals surface area contributed by atoms with Gasteiger partial charge in [0.15, 0.2) is 5.78 Å². The van der Waals surface area contributed by atoms with E-state index in [0.29, 0.717) is 17.0 Å². The van der Waals surface area contributed by atoms with Crippen molar-refractivity contribution in [1.29, 1.82) is 0 Å². The van der Waals surface area contributed by atoms with Crippen LogP contribution in [0.1, 0.15) is 21.6 Å². The fraction of sp³-hybridized carbons (Fsp3) is 0.143. The first-order valence-corrected chi connectivity index (χ1v) is 6.64. The number of ketones is 1. The van der Waals surface area contributed by atoms with E-state index in [1.165, 1.54) is 0 Å². The van der Waals surface area contributed by atoms with Gasteiger partial charge in [-0.3, -0.25) is 9.78 Å². The van der Waals surface area contributed by atoms with E-state index >= 15 is 0 Å². The molecule has 0 aliphatic rings. The maximum absolute atomic E-state index is 12.1. The monoisotopic (exact) mass is 323 g/mol. The molecule has 4 heteroatoms. The fourth-order valence-electron chi connectivity index (χ4n) is 1.63. The highest BCUT2D eigenvalue weighted by atomic mass is 79.9. The highest BCUT2D eigenvalue weighted by molar-refractivity contribution is 9.10. The van der Waals surface area contributed by atoms with E-state index < -0.39 is 0 Å². The van der Waals surface area contributed by atoms with E-state index in [1.807, 2.05) is 19.1 Å². The topological polar surface area (TPSA) is 30.0 Å². The van der Waals surface area contributed by atoms with Gasteiger partial charge in [-0.05, 0) is 46.6 Å². The van der Waals surface area contributed by atoms with Crippen molar-refractivity contribution in [2.45, 2.75) is 13.3 Å². The number of hydrogen-bond acceptors (Lipinski definition) is 2. The van der Waals surface area contributed by atoms with Gasteiger partial charge >= 0.3 is 0 Å². The van der Waals surface area contributed by atoms with Gasteiger partial charge in [-0.25, -0.2) is 0 Å². The number of aromatic nitrogens is 1. The molecule has 1 heterocycles. The van der Waals surface area contributed by atoms with Crippen LogP contribution in [0.15, 0.2) is 41.0 Å². The van der Waals surface area contributed by atoms with Gasteiger partial charge in [0.25, 0.3) is 0 Å². The van der Waals surface area contributed by atoms with Crippen molar-refractivity contribution < 1.29 is 4.79 Å². The first kappa shape index (κ1) is 13.2. The molecule has 0 saturated carbocycles. The number of hydrogen-bond donors (Lipinski definition) is 0. The largest absolute Gasteiger partial charge is 0.294 e. The van der Waals surface area contributed by atoms with Crippen molar-refractivity contribution in [3.8, 4) is 0 Å². The maximum atomic E-state index is 12.1. The first-order valence-electron chi connectivity index (χ1n) is 5.46. The number of Topliss-reactive ketones (excluding diaryl/α,β-unsaturated/α-hetero) is 1. The van der Waals surface area contributed by atoms with Gasteiger partial charge in [-0.1, -0.05) is 23.7 Å². The average molecular weight is 325 g/mol. The Hall–Kier alpha value is -1.19. The van der Waals surface area contributed by atoms with E-state index in [0.717, 1.165) is 15.7 Å². The van der Waals surface area contributed by atoms with E-state index in [9.17, 15) is 4.79 Å². The van der Waals surface area contributed by atoms with Crippen LogP contribution in [0, 0.1) is 6.92 Å². The SMILES string of the molecule is Cc1cccnc1CC(=O)c1ccc(Br)c(Cl)c1. The molecule has 0 aliphatic carbocycles. The normalized spacial score (nSPS) is 10.4. The Morgan fingerprint density at radius 1 is 1.39 bits per heavy atom. The molecular formula is C14H11BrClNO. The van der Waals surface area contributed by atoms with Gasteiger partial charge in [0.05, 0.1) is 17.1 Å². The maximum Gasteiger partial charge on any atom is 0.168 e. The van der Waals surface area contributed by atoms with Crippen LogP contribution in [0.4, 0.5) is 0 Å². The van der Waals surface area contributed by atoms with Gasteiger partial charge in [0, 0.05) is 16.2 Å². The van der Waals surface area contributed by atoms with Crippen molar-refractivity contribution >= 4 is 33.3 Å². The molecule has 0 amide bonds. The average Bonchev–Trinajstić information content (AvgIpc) is 2.35. The van der Waals surface area contributed by atoms with Crippen molar-refractivity contribution in [1.82, 2.24) is 4.98 Å². The Bertz CT molecular complexity index is 598. The molecule has 1 aromatic carbocycles. The molecule has 0 spiro atoms. The van der Waals surface area contributed by atoms with Crippen LogP contribution in [-0.2, 0) is 6.42 Å². The molecule has 1 aromatic heterocycles. The molecule has 0 aliphatic heterocycles. The summed E-state index contributed by atoms with van der Waals surface area (Å²) >= 11 is 9.28. The molecule has 18 heavy (non-hydrogen) atoms. The van der Waals surface area contributed by atoms with Crippen LogP contribution < -0.4 is 0 Å². The lowest BCUT2D eigenvalue weighted by atomic mass is 10.0. The Balaban J connectivity index is 2.22. The zero-order valence-corrected chi connectivity index (χ0v) is 12.1. The number of pyridine rings is 1. The zero-order valence-electron chi connectivity index (χ0n) is 9.78. The smallest absolute Gasteiger partial charge is 0.168 e. The first-order chi connectivity index (χ1) is 8.58. The molecule has 2 nitrogen and oxygen atoms in total. The standard InChI is InChI=1S/C14H11BrClNO/c1-9-3-2-6-17-13(9)8-14(18)10-4-5-11(15)12(16)7-10/h2-7H,8H2,1H3. The van der Waals surface area contributed by atoms with E-state index in [2.05, 4.69) is 20.9 Å². The van der Waals surface area contributed by atoms with Gasteiger partial charge in [0.1, 0.15) is 0 Å². The Morgan fingerprint density at radius 2 is 2.17 bits per heavy atom. The molecule has 0 saturated heterocycles. The summed E-state index contributed by atoms with van der Waals surface area (Å²) in [5.74, 6) is 0.0196. The minimum Gasteiger partial charge on any atom is -0.294 e. The number of carbonyl (C=O) groups is 1. The highest BCUT2D eigenvalue weighted by Crippen LogP contribution is 2.23. The predicted octanol–water partition coefficient (Wildman–Crippen LogP) is 4.23. The highest BCUT2D eigenvalue weighted by Gasteiger charge is 2.11. The number of nitrogens with zero attached hydrogens (tertiary/aromatic N) is 1. The number of halogens is 2. The van der Waals surface area contributed by atoms with Crippen LogP contribution in [0.3, 0.4) is 0 Å². The number of benzene rings is 1. The summed E-state index contributed by atoms with van der Waals surface area (Å²) in [5, 5.41) is 0.540. The molecule has 2 aromatic rings. The van der Waals surface area contributed by atoms with E-state index in [-0.39, 0.29) is 5.78 Å². The molecular weight excluding hydrogens is 314 g/mol. The summed E-state index contributed by atoms with van der Waals surface area (Å²) in [4.78, 5) is 16.3. The number of aryl methyl sites for hydroxylation is 1. The molecule has 92 valence electrons. The third kappa shape index (κ3) is 2.98. The lowest BCUT2D eigenvalue weighted by molar-refractivity contribution is 0.0991. The minimum atomic E-state index is 0.0196. The fourth-order valence-corrected chi connectivity index (χ4v) is 2.05. The molecule has 0 fully saturated rings. The Labute approximate surface area is 119 Å². The second-order valence-electron chi connectivity index (χ2n) is 4.00.